The predicted molar refractivity (Wildman–Crippen MR) is 122 cm³/mol. The van der Waals surface area contributed by atoms with E-state index in [0.717, 1.165) is 49.8 Å². The van der Waals surface area contributed by atoms with Gasteiger partial charge in [-0.2, -0.15) is 0 Å². The molecular formula is C24H29N3O6. The molecule has 0 aliphatic carbocycles. The topological polar surface area (TPSA) is 101 Å². The average molecular weight is 456 g/mol. The van der Waals surface area contributed by atoms with Gasteiger partial charge in [0.25, 0.3) is 0 Å². The molecule has 2 heterocycles. The molecule has 0 unspecified atom stereocenters. The van der Waals surface area contributed by atoms with Crippen LogP contribution in [0.25, 0.3) is 0 Å². The van der Waals surface area contributed by atoms with Gasteiger partial charge in [0.05, 0.1) is 13.0 Å². The zero-order chi connectivity index (χ0) is 23.2. The molecule has 1 amide bonds. The lowest BCUT2D eigenvalue weighted by Crippen LogP contribution is -2.48. The van der Waals surface area contributed by atoms with Crippen molar-refractivity contribution in [2.24, 2.45) is 5.92 Å². The molecule has 33 heavy (non-hydrogen) atoms. The van der Waals surface area contributed by atoms with E-state index in [-0.39, 0.29) is 19.1 Å². The Bertz CT molecular complexity index is 973. The molecule has 2 aromatic rings. The molecule has 0 saturated carbocycles. The van der Waals surface area contributed by atoms with Crippen LogP contribution in [0.2, 0.25) is 0 Å². The highest BCUT2D eigenvalue weighted by molar-refractivity contribution is 5.93. The summed E-state index contributed by atoms with van der Waals surface area (Å²) in [5, 5.41) is 12.4. The van der Waals surface area contributed by atoms with Gasteiger partial charge < -0.3 is 24.6 Å². The highest BCUT2D eigenvalue weighted by Gasteiger charge is 2.26. The first-order valence-electron chi connectivity index (χ1n) is 11.0. The molecule has 2 N–H and O–H groups in total. The lowest BCUT2D eigenvalue weighted by molar-refractivity contribution is -0.144. The number of rotatable bonds is 9. The van der Waals surface area contributed by atoms with Crippen LogP contribution in [-0.4, -0.2) is 73.4 Å². The molecule has 1 atom stereocenters. The van der Waals surface area contributed by atoms with Crippen molar-refractivity contribution in [1.82, 2.24) is 9.80 Å². The smallest absolute Gasteiger partial charge is 0.308 e. The molecule has 9 heteroatoms. The van der Waals surface area contributed by atoms with E-state index >= 15 is 0 Å². The van der Waals surface area contributed by atoms with Gasteiger partial charge in [0.15, 0.2) is 11.5 Å². The minimum absolute atomic E-state index is 0.0707. The molecule has 0 aromatic heterocycles. The van der Waals surface area contributed by atoms with Crippen LogP contribution in [-0.2, 0) is 16.1 Å². The number of nitrogens with one attached hydrogen (secondary N) is 1. The van der Waals surface area contributed by atoms with E-state index in [2.05, 4.69) is 15.1 Å². The Morgan fingerprint density at radius 1 is 1.03 bits per heavy atom. The second-order valence-corrected chi connectivity index (χ2v) is 8.28. The third-order valence-electron chi connectivity index (χ3n) is 5.94. The van der Waals surface area contributed by atoms with Crippen molar-refractivity contribution in [3.05, 3.63) is 48.0 Å². The van der Waals surface area contributed by atoms with Crippen LogP contribution in [0.4, 0.5) is 5.69 Å². The molecule has 176 valence electrons. The number of benzene rings is 2. The minimum Gasteiger partial charge on any atom is -0.497 e. The zero-order valence-electron chi connectivity index (χ0n) is 18.7. The summed E-state index contributed by atoms with van der Waals surface area (Å²) < 4.78 is 15.9. The monoisotopic (exact) mass is 455 g/mol. The summed E-state index contributed by atoms with van der Waals surface area (Å²) in [7, 11) is 1.57. The second-order valence-electron chi connectivity index (χ2n) is 8.28. The summed E-state index contributed by atoms with van der Waals surface area (Å²) in [5.74, 6) is 0.220. The standard InChI is InChI=1S/C24H29N3O6/c1-31-20-5-3-19(4-6-20)25-23(28)13-18(24(29)30)15-27-10-8-26(9-11-27)14-17-2-7-21-22(12-17)33-16-32-21/h2-7,12,18H,8-11,13-16H2,1H3,(H,25,28)(H,29,30)/t18-/m0/s1. The van der Waals surface area contributed by atoms with E-state index in [1.54, 1.807) is 31.4 Å². The summed E-state index contributed by atoms with van der Waals surface area (Å²) in [4.78, 5) is 28.6. The van der Waals surface area contributed by atoms with Crippen molar-refractivity contribution in [1.29, 1.82) is 0 Å². The van der Waals surface area contributed by atoms with Gasteiger partial charge in [0.1, 0.15) is 5.75 Å². The normalized spacial score (nSPS) is 16.9. The van der Waals surface area contributed by atoms with E-state index < -0.39 is 11.9 Å². The maximum atomic E-state index is 12.4. The van der Waals surface area contributed by atoms with Crippen molar-refractivity contribution in [2.75, 3.05) is 51.9 Å². The Balaban J connectivity index is 1.24. The second kappa shape index (κ2) is 10.5. The molecule has 9 nitrogen and oxygen atoms in total. The fourth-order valence-electron chi connectivity index (χ4n) is 4.08. The molecular weight excluding hydrogens is 426 g/mol. The number of nitrogens with zero attached hydrogens (tertiary/aromatic N) is 2. The van der Waals surface area contributed by atoms with Crippen molar-refractivity contribution in [3.8, 4) is 17.2 Å². The first kappa shape index (κ1) is 22.9. The molecule has 2 aliphatic rings. The third kappa shape index (κ3) is 6.15. The van der Waals surface area contributed by atoms with Gasteiger partial charge in [-0.15, -0.1) is 0 Å². The molecule has 1 fully saturated rings. The van der Waals surface area contributed by atoms with Crippen LogP contribution in [0.3, 0.4) is 0 Å². The average Bonchev–Trinajstić information content (AvgIpc) is 3.28. The lowest BCUT2D eigenvalue weighted by Gasteiger charge is -2.35. The van der Waals surface area contributed by atoms with Crippen LogP contribution in [0.5, 0.6) is 17.2 Å². The van der Waals surface area contributed by atoms with Crippen LogP contribution in [0.1, 0.15) is 12.0 Å². The van der Waals surface area contributed by atoms with Gasteiger partial charge in [-0.1, -0.05) is 6.07 Å². The third-order valence-corrected chi connectivity index (χ3v) is 5.94. The van der Waals surface area contributed by atoms with E-state index in [0.29, 0.717) is 18.0 Å². The number of carbonyl (C=O) groups excluding carboxylic acids is 1. The molecule has 4 rings (SSSR count). The fourth-order valence-corrected chi connectivity index (χ4v) is 4.08. The number of aliphatic carboxylic acids is 1. The molecule has 0 spiro atoms. The first-order chi connectivity index (χ1) is 16.0. The largest absolute Gasteiger partial charge is 0.497 e. The summed E-state index contributed by atoms with van der Waals surface area (Å²) in [6, 6.07) is 12.9. The molecule has 0 radical (unpaired) electrons. The van der Waals surface area contributed by atoms with Crippen LogP contribution in [0.15, 0.2) is 42.5 Å². The number of carbonyl (C=O) groups is 2. The van der Waals surface area contributed by atoms with Gasteiger partial charge >= 0.3 is 5.97 Å². The van der Waals surface area contributed by atoms with Crippen LogP contribution in [0, 0.1) is 5.92 Å². The number of piperazine rings is 1. The molecule has 2 aromatic carbocycles. The first-order valence-corrected chi connectivity index (χ1v) is 11.0. The molecule has 0 bridgehead atoms. The Kier molecular flexibility index (Phi) is 7.31. The SMILES string of the molecule is COc1ccc(NC(=O)C[C@@H](CN2CCN(Cc3ccc4c(c3)OCO4)CC2)C(=O)O)cc1. The van der Waals surface area contributed by atoms with E-state index in [9.17, 15) is 14.7 Å². The van der Waals surface area contributed by atoms with Crippen molar-refractivity contribution in [3.63, 3.8) is 0 Å². The number of carboxylic acid groups (broad SMARTS) is 1. The summed E-state index contributed by atoms with van der Waals surface area (Å²) >= 11 is 0. The fraction of sp³-hybridized carbons (Fsp3) is 0.417. The Hall–Kier alpha value is -3.30. The van der Waals surface area contributed by atoms with Gasteiger partial charge in [0.2, 0.25) is 12.7 Å². The van der Waals surface area contributed by atoms with Crippen molar-refractivity contribution < 1.29 is 28.9 Å². The van der Waals surface area contributed by atoms with E-state index in [1.165, 1.54) is 0 Å². The highest BCUT2D eigenvalue weighted by Crippen LogP contribution is 2.32. The lowest BCUT2D eigenvalue weighted by atomic mass is 10.0. The van der Waals surface area contributed by atoms with Gasteiger partial charge in [-0.25, -0.2) is 0 Å². The number of anilines is 1. The summed E-state index contributed by atoms with van der Waals surface area (Å²) in [5.41, 5.74) is 1.77. The van der Waals surface area contributed by atoms with Gasteiger partial charge in [-0.05, 0) is 42.0 Å². The summed E-state index contributed by atoms with van der Waals surface area (Å²) in [6.45, 7) is 4.60. The Morgan fingerprint density at radius 2 is 1.73 bits per heavy atom. The number of hydrogen-bond acceptors (Lipinski definition) is 7. The number of ether oxygens (including phenoxy) is 3. The Labute approximate surface area is 192 Å². The van der Waals surface area contributed by atoms with Crippen molar-refractivity contribution in [2.45, 2.75) is 13.0 Å². The molecule has 1 saturated heterocycles. The number of amides is 1. The molecule has 2 aliphatic heterocycles. The number of fused-ring (bicyclic) bond motifs is 1. The van der Waals surface area contributed by atoms with Gasteiger partial charge in [-0.3, -0.25) is 19.4 Å². The maximum absolute atomic E-state index is 12.4. The summed E-state index contributed by atoms with van der Waals surface area (Å²) in [6.07, 6.45) is -0.0707. The zero-order valence-corrected chi connectivity index (χ0v) is 18.7. The van der Waals surface area contributed by atoms with Crippen molar-refractivity contribution >= 4 is 17.6 Å². The Morgan fingerprint density at radius 3 is 2.42 bits per heavy atom. The van der Waals surface area contributed by atoms with Gasteiger partial charge in [0, 0.05) is 51.4 Å². The number of hydrogen-bond donors (Lipinski definition) is 2. The highest BCUT2D eigenvalue weighted by atomic mass is 16.7. The maximum Gasteiger partial charge on any atom is 0.308 e. The van der Waals surface area contributed by atoms with E-state index in [1.807, 2.05) is 18.2 Å². The van der Waals surface area contributed by atoms with E-state index in [4.69, 9.17) is 14.2 Å². The number of methoxy groups -OCH3 is 1. The minimum atomic E-state index is -0.956. The van der Waals surface area contributed by atoms with Crippen LogP contribution < -0.4 is 19.5 Å². The number of carboxylic acids is 1. The predicted octanol–water partition coefficient (Wildman–Crippen LogP) is 2.27. The quantitative estimate of drug-likeness (QED) is 0.594. The van der Waals surface area contributed by atoms with Crippen LogP contribution >= 0.6 is 0 Å².